The fraction of sp³-hybridized carbons (Fsp3) is 0.118. The normalized spacial score (nSPS) is 10.9. The number of rotatable bonds is 6. The van der Waals surface area contributed by atoms with Gasteiger partial charge in [0.15, 0.2) is 5.76 Å². The molecule has 27 heavy (non-hydrogen) atoms. The molecule has 0 unspecified atom stereocenters. The van der Waals surface area contributed by atoms with Crippen LogP contribution >= 0.6 is 0 Å². The van der Waals surface area contributed by atoms with E-state index >= 15 is 0 Å². The van der Waals surface area contributed by atoms with E-state index in [1.54, 1.807) is 44.6 Å². The van der Waals surface area contributed by atoms with Crippen LogP contribution < -0.4 is 10.2 Å². The molecule has 0 aliphatic heterocycles. The molecule has 1 N–H and O–H groups in total. The van der Waals surface area contributed by atoms with Gasteiger partial charge in [0, 0.05) is 24.4 Å². The highest BCUT2D eigenvalue weighted by atomic mass is 16.6. The number of hydrogen-bond acceptors (Lipinski definition) is 7. The highest BCUT2D eigenvalue weighted by Gasteiger charge is 2.17. The number of carbonyl (C=O) groups is 1. The van der Waals surface area contributed by atoms with Gasteiger partial charge in [-0.2, -0.15) is 10.2 Å². The zero-order chi connectivity index (χ0) is 19.4. The molecular formula is C17H15N5O5. The maximum absolute atomic E-state index is 12.1. The molecule has 2 heterocycles. The lowest BCUT2D eigenvalue weighted by Gasteiger charge is -2.02. The van der Waals surface area contributed by atoms with Crippen LogP contribution in [-0.4, -0.2) is 33.9 Å². The van der Waals surface area contributed by atoms with E-state index in [0.717, 1.165) is 0 Å². The second kappa shape index (κ2) is 7.52. The van der Waals surface area contributed by atoms with Crippen molar-refractivity contribution in [3.63, 3.8) is 0 Å². The van der Waals surface area contributed by atoms with Gasteiger partial charge in [-0.1, -0.05) is 0 Å². The van der Waals surface area contributed by atoms with Gasteiger partial charge < -0.3 is 9.15 Å². The summed E-state index contributed by atoms with van der Waals surface area (Å²) >= 11 is 0. The summed E-state index contributed by atoms with van der Waals surface area (Å²) in [7, 11) is 3.23. The number of nitrogens with zero attached hydrogens (tertiary/aromatic N) is 4. The highest BCUT2D eigenvalue weighted by molar-refractivity contribution is 5.95. The number of furan rings is 1. The zero-order valence-electron chi connectivity index (χ0n) is 14.4. The molecule has 10 heteroatoms. The molecule has 3 aromatic rings. The van der Waals surface area contributed by atoms with Crippen LogP contribution in [0, 0.1) is 10.1 Å². The van der Waals surface area contributed by atoms with E-state index in [-0.39, 0.29) is 11.6 Å². The van der Waals surface area contributed by atoms with E-state index in [1.165, 1.54) is 23.0 Å². The van der Waals surface area contributed by atoms with Crippen molar-refractivity contribution in [2.45, 2.75) is 0 Å². The third-order valence-corrected chi connectivity index (χ3v) is 3.58. The van der Waals surface area contributed by atoms with E-state index in [9.17, 15) is 14.9 Å². The molecule has 10 nitrogen and oxygen atoms in total. The van der Waals surface area contributed by atoms with Crippen LogP contribution in [0.2, 0.25) is 0 Å². The number of amides is 1. The molecule has 1 amide bonds. The second-order valence-electron chi connectivity index (χ2n) is 5.43. The second-order valence-corrected chi connectivity index (χ2v) is 5.43. The van der Waals surface area contributed by atoms with Gasteiger partial charge in [0.2, 0.25) is 0 Å². The summed E-state index contributed by atoms with van der Waals surface area (Å²) in [6.45, 7) is 0. The first-order chi connectivity index (χ1) is 13.0. The number of hydrazone groups is 1. The maximum atomic E-state index is 12.1. The van der Waals surface area contributed by atoms with Gasteiger partial charge in [0.05, 0.1) is 19.4 Å². The van der Waals surface area contributed by atoms with Gasteiger partial charge in [-0.25, -0.2) is 5.43 Å². The first-order valence-corrected chi connectivity index (χ1v) is 7.73. The van der Waals surface area contributed by atoms with Crippen molar-refractivity contribution < 1.29 is 18.9 Å². The van der Waals surface area contributed by atoms with Crippen molar-refractivity contribution >= 4 is 18.0 Å². The molecule has 3 rings (SSSR count). The van der Waals surface area contributed by atoms with E-state index in [1.807, 2.05) is 0 Å². The monoisotopic (exact) mass is 369 g/mol. The number of hydrogen-bond donors (Lipinski definition) is 1. The van der Waals surface area contributed by atoms with Crippen molar-refractivity contribution in [3.8, 4) is 17.2 Å². The van der Waals surface area contributed by atoms with Gasteiger partial charge in [-0.15, -0.1) is 0 Å². The lowest BCUT2D eigenvalue weighted by molar-refractivity contribution is -0.401. The Morgan fingerprint density at radius 1 is 1.33 bits per heavy atom. The van der Waals surface area contributed by atoms with Crippen LogP contribution in [0.25, 0.3) is 11.5 Å². The van der Waals surface area contributed by atoms with Crippen LogP contribution in [0.5, 0.6) is 5.75 Å². The Morgan fingerprint density at radius 3 is 2.70 bits per heavy atom. The van der Waals surface area contributed by atoms with Crippen molar-refractivity contribution in [1.82, 2.24) is 15.2 Å². The van der Waals surface area contributed by atoms with Crippen molar-refractivity contribution in [2.24, 2.45) is 12.1 Å². The van der Waals surface area contributed by atoms with Crippen LogP contribution in [0.4, 0.5) is 5.88 Å². The zero-order valence-corrected chi connectivity index (χ0v) is 14.4. The minimum absolute atomic E-state index is 0.227. The molecule has 0 saturated heterocycles. The summed E-state index contributed by atoms with van der Waals surface area (Å²) in [4.78, 5) is 22.2. The van der Waals surface area contributed by atoms with Crippen molar-refractivity contribution in [1.29, 1.82) is 0 Å². The summed E-state index contributed by atoms with van der Waals surface area (Å²) in [6.07, 6.45) is 3.03. The molecule has 0 saturated carbocycles. The minimum atomic E-state index is -0.630. The SMILES string of the molecule is COc1ccc(C(=O)N/N=C/c2cn(C)nc2-c2ccc([N+](=O)[O-])o2)cc1. The predicted octanol–water partition coefficient (Wildman–Crippen LogP) is 2.36. The first kappa shape index (κ1) is 17.9. The lowest BCUT2D eigenvalue weighted by Crippen LogP contribution is -2.17. The smallest absolute Gasteiger partial charge is 0.433 e. The maximum Gasteiger partial charge on any atom is 0.433 e. The summed E-state index contributed by atoms with van der Waals surface area (Å²) in [5.41, 5.74) is 3.72. The average Bonchev–Trinajstić information content (AvgIpc) is 3.28. The lowest BCUT2D eigenvalue weighted by atomic mass is 10.2. The fourth-order valence-corrected chi connectivity index (χ4v) is 2.31. The van der Waals surface area contributed by atoms with Gasteiger partial charge in [-0.3, -0.25) is 19.6 Å². The van der Waals surface area contributed by atoms with E-state index in [0.29, 0.717) is 22.6 Å². The van der Waals surface area contributed by atoms with Crippen molar-refractivity contribution in [2.75, 3.05) is 7.11 Å². The molecule has 2 aromatic heterocycles. The Hall–Kier alpha value is -3.95. The average molecular weight is 369 g/mol. The van der Waals surface area contributed by atoms with Gasteiger partial charge in [0.25, 0.3) is 5.91 Å². The first-order valence-electron chi connectivity index (χ1n) is 7.73. The molecule has 0 bridgehead atoms. The van der Waals surface area contributed by atoms with Crippen LogP contribution in [-0.2, 0) is 7.05 Å². The standard InChI is InChI=1S/C17H15N5O5/c1-21-10-12(16(20-21)14-7-8-15(27-14)22(24)25)9-18-19-17(23)11-3-5-13(26-2)6-4-11/h3-10H,1-2H3,(H,19,23)/b18-9+. The molecule has 0 atom stereocenters. The summed E-state index contributed by atoms with van der Waals surface area (Å²) in [6, 6.07) is 9.26. The molecule has 0 fully saturated rings. The third kappa shape index (κ3) is 4.00. The number of aryl methyl sites for hydroxylation is 1. The molecular weight excluding hydrogens is 354 g/mol. The number of nitrogens with one attached hydrogen (secondary N) is 1. The van der Waals surface area contributed by atoms with Gasteiger partial charge in [-0.05, 0) is 30.3 Å². The summed E-state index contributed by atoms with van der Waals surface area (Å²) < 4.78 is 11.7. The number of carbonyl (C=O) groups excluding carboxylic acids is 1. The van der Waals surface area contributed by atoms with Crippen molar-refractivity contribution in [3.05, 3.63) is 63.8 Å². The Bertz CT molecular complexity index is 1000. The number of aromatic nitrogens is 2. The van der Waals surface area contributed by atoms with Crippen LogP contribution in [0.3, 0.4) is 0 Å². The van der Waals surface area contributed by atoms with Gasteiger partial charge >= 0.3 is 5.88 Å². The summed E-state index contributed by atoms with van der Waals surface area (Å²) in [5.74, 6) is 0.0900. The van der Waals surface area contributed by atoms with Gasteiger partial charge in [0.1, 0.15) is 16.4 Å². The van der Waals surface area contributed by atoms with Crippen LogP contribution in [0.1, 0.15) is 15.9 Å². The Morgan fingerprint density at radius 2 is 2.07 bits per heavy atom. The number of benzene rings is 1. The Balaban J connectivity index is 1.75. The molecule has 1 aromatic carbocycles. The summed E-state index contributed by atoms with van der Waals surface area (Å²) in [5, 5.41) is 18.9. The van der Waals surface area contributed by atoms with E-state index < -0.39 is 10.8 Å². The number of methoxy groups -OCH3 is 1. The topological polar surface area (TPSA) is 125 Å². The van der Waals surface area contributed by atoms with E-state index in [4.69, 9.17) is 9.15 Å². The predicted molar refractivity (Wildman–Crippen MR) is 95.6 cm³/mol. The molecule has 0 radical (unpaired) electrons. The minimum Gasteiger partial charge on any atom is -0.497 e. The quantitative estimate of drug-likeness (QED) is 0.404. The molecule has 0 aliphatic rings. The largest absolute Gasteiger partial charge is 0.497 e. The Labute approximate surface area is 153 Å². The third-order valence-electron chi connectivity index (χ3n) is 3.58. The fourth-order valence-electron chi connectivity index (χ4n) is 2.31. The highest BCUT2D eigenvalue weighted by Crippen LogP contribution is 2.26. The molecule has 0 spiro atoms. The van der Waals surface area contributed by atoms with E-state index in [2.05, 4.69) is 15.6 Å². The molecule has 0 aliphatic carbocycles. The van der Waals surface area contributed by atoms with Crippen LogP contribution in [0.15, 0.2) is 52.1 Å². The number of nitro groups is 1. The number of ether oxygens (including phenoxy) is 1. The molecule has 138 valence electrons. The Kier molecular flexibility index (Phi) is 4.97.